The van der Waals surface area contributed by atoms with Crippen molar-refractivity contribution in [3.05, 3.63) is 4.85 Å². The highest BCUT2D eigenvalue weighted by molar-refractivity contribution is 4.78. The minimum absolute atomic E-state index is 1.04. The van der Waals surface area contributed by atoms with Crippen LogP contribution in [-0.4, -0.2) is 18.6 Å². The maximum absolute atomic E-state index is 8.41. The molecule has 0 radical (unpaired) electrons. The Morgan fingerprint density at radius 1 is 1.86 bits per heavy atom. The van der Waals surface area contributed by atoms with Crippen molar-refractivity contribution in [1.29, 1.82) is 0 Å². The van der Waals surface area contributed by atoms with Crippen LogP contribution in [0, 0.1) is 6.07 Å². The van der Waals surface area contributed by atoms with E-state index < -0.39 is 6.41 Å². The first kappa shape index (κ1) is 6.41. The molecule has 0 aromatic carbocycles. The summed E-state index contributed by atoms with van der Waals surface area (Å²) in [6.07, 6.45) is -1.04. The highest BCUT2D eigenvalue weighted by atomic mass is 16.6. The molecule has 3 heteroatoms. The van der Waals surface area contributed by atoms with Crippen molar-refractivity contribution in [1.82, 2.24) is 0 Å². The van der Waals surface area contributed by atoms with Crippen molar-refractivity contribution >= 4 is 0 Å². The second-order valence-corrected chi connectivity index (χ2v) is 0.915. The zero-order chi connectivity index (χ0) is 5.70. The van der Waals surface area contributed by atoms with E-state index in [-0.39, 0.29) is 0 Å². The number of hydrogen-bond donors (Lipinski definition) is 1. The molecule has 3 nitrogen and oxygen atoms in total. The monoisotopic (exact) mass is 102 g/mol. The second kappa shape index (κ2) is 3.59. The molecular weight excluding hydrogens is 94.0 g/mol. The number of aliphatic hydroxyl groups is 1. The molecule has 0 spiro atoms. The Balaban J connectivity index is 3.29. The summed E-state index contributed by atoms with van der Waals surface area (Å²) in [6, 6.07) is 2.37. The van der Waals surface area contributed by atoms with Gasteiger partial charge in [0.1, 0.15) is 0 Å². The van der Waals surface area contributed by atoms with Crippen LogP contribution in [0.4, 0.5) is 0 Å². The van der Waals surface area contributed by atoms with E-state index >= 15 is 0 Å². The molecule has 0 bridgehead atoms. The summed E-state index contributed by atoms with van der Waals surface area (Å²) in [5.74, 6) is 0. The average molecular weight is 102 g/mol. The normalized spacial score (nSPS) is 11.9. The Morgan fingerprint density at radius 2 is 2.43 bits per heavy atom. The van der Waals surface area contributed by atoms with Crippen LogP contribution in [0.5, 0.6) is 0 Å². The van der Waals surface area contributed by atoms with E-state index in [9.17, 15) is 0 Å². The lowest BCUT2D eigenvalue weighted by Gasteiger charge is -1.81. The summed E-state index contributed by atoms with van der Waals surface area (Å²) in [6.45, 7) is 1.59. The highest BCUT2D eigenvalue weighted by Crippen LogP contribution is 1.81. The fourth-order valence-electron chi connectivity index (χ4n) is 0.163. The summed E-state index contributed by atoms with van der Waals surface area (Å²) in [4.78, 5) is 3.33. The minimum atomic E-state index is -1.04. The van der Waals surface area contributed by atoms with Gasteiger partial charge < -0.3 is 0 Å². The average Bonchev–Trinajstić information content (AvgIpc) is 1.68. The topological polar surface area (TPSA) is 33.8 Å². The van der Waals surface area contributed by atoms with Crippen LogP contribution >= 0.6 is 0 Å². The lowest BCUT2D eigenvalue weighted by molar-refractivity contribution is -0.0375. The molecule has 0 fully saturated rings. The fraction of sp³-hybridized carbons (Fsp3) is 0.750. The fourth-order valence-corrected chi connectivity index (χ4v) is 0.163. The SMILES string of the molecule is CC#[N+]C(O)OC. The molecule has 7 heavy (non-hydrogen) atoms. The predicted molar refractivity (Wildman–Crippen MR) is 25.9 cm³/mol. The molecular formula is C4H8NO2+. The van der Waals surface area contributed by atoms with Crippen LogP contribution in [0.2, 0.25) is 0 Å². The Hall–Kier alpha value is -0.590. The first-order valence-electron chi connectivity index (χ1n) is 1.88. The van der Waals surface area contributed by atoms with Crippen LogP contribution in [0.1, 0.15) is 6.92 Å². The van der Waals surface area contributed by atoms with Crippen molar-refractivity contribution in [2.75, 3.05) is 7.11 Å². The van der Waals surface area contributed by atoms with Crippen molar-refractivity contribution < 1.29 is 9.84 Å². The van der Waals surface area contributed by atoms with Gasteiger partial charge in [-0.15, -0.1) is 0 Å². The number of ether oxygens (including phenoxy) is 1. The molecule has 0 saturated heterocycles. The zero-order valence-corrected chi connectivity index (χ0v) is 4.38. The summed E-state index contributed by atoms with van der Waals surface area (Å²) in [5, 5.41) is 8.41. The third-order valence-corrected chi connectivity index (χ3v) is 0.450. The van der Waals surface area contributed by atoms with E-state index in [1.807, 2.05) is 0 Å². The summed E-state index contributed by atoms with van der Waals surface area (Å²) in [7, 11) is 1.37. The lowest BCUT2D eigenvalue weighted by atomic mass is 10.9. The third kappa shape index (κ3) is 3.23. The smallest absolute Gasteiger partial charge is 0.299 e. The van der Waals surface area contributed by atoms with Gasteiger partial charge in [-0.05, 0) is 4.85 Å². The Morgan fingerprint density at radius 3 is 2.57 bits per heavy atom. The van der Waals surface area contributed by atoms with Gasteiger partial charge in [0.2, 0.25) is 0 Å². The summed E-state index contributed by atoms with van der Waals surface area (Å²) in [5.41, 5.74) is 0. The minimum Gasteiger partial charge on any atom is -0.299 e. The molecule has 0 saturated carbocycles. The number of methoxy groups -OCH3 is 1. The molecule has 0 rings (SSSR count). The molecule has 0 heterocycles. The molecule has 0 amide bonds. The number of aliphatic hydroxyl groups excluding tert-OH is 1. The van der Waals surface area contributed by atoms with Gasteiger partial charge in [0.05, 0.1) is 6.92 Å². The van der Waals surface area contributed by atoms with E-state index in [0.717, 1.165) is 0 Å². The van der Waals surface area contributed by atoms with E-state index in [1.165, 1.54) is 7.11 Å². The van der Waals surface area contributed by atoms with Gasteiger partial charge in [0.25, 0.3) is 6.07 Å². The van der Waals surface area contributed by atoms with Gasteiger partial charge in [-0.2, -0.15) is 0 Å². The van der Waals surface area contributed by atoms with Crippen LogP contribution in [0.15, 0.2) is 0 Å². The predicted octanol–water partition coefficient (Wildman–Crippen LogP) is 0.262. The standard InChI is InChI=1S/C4H8NO2/c1-3-5-4(6)7-2/h4,6H,1-2H3/q+1. The highest BCUT2D eigenvalue weighted by Gasteiger charge is 2.03. The van der Waals surface area contributed by atoms with Crippen LogP contribution in [-0.2, 0) is 4.74 Å². The molecule has 1 atom stereocenters. The van der Waals surface area contributed by atoms with Crippen molar-refractivity contribution in [2.45, 2.75) is 13.3 Å². The Bertz CT molecular complexity index is 91.6. The largest absolute Gasteiger partial charge is 0.490 e. The van der Waals surface area contributed by atoms with Crippen molar-refractivity contribution in [3.63, 3.8) is 0 Å². The maximum Gasteiger partial charge on any atom is 0.490 e. The molecule has 40 valence electrons. The van der Waals surface area contributed by atoms with Crippen LogP contribution in [0.3, 0.4) is 0 Å². The van der Waals surface area contributed by atoms with Crippen LogP contribution in [0.25, 0.3) is 4.85 Å². The van der Waals surface area contributed by atoms with Gasteiger partial charge in [-0.25, -0.2) is 0 Å². The maximum atomic E-state index is 8.41. The van der Waals surface area contributed by atoms with Gasteiger partial charge in [-0.1, -0.05) is 0 Å². The molecule has 0 aliphatic heterocycles. The Kier molecular flexibility index (Phi) is 3.29. The second-order valence-electron chi connectivity index (χ2n) is 0.915. The van der Waals surface area contributed by atoms with Gasteiger partial charge in [0, 0.05) is 7.11 Å². The van der Waals surface area contributed by atoms with E-state index in [1.54, 1.807) is 6.92 Å². The molecule has 0 aliphatic rings. The summed E-state index contributed by atoms with van der Waals surface area (Å²) < 4.78 is 4.32. The number of rotatable bonds is 1. The van der Waals surface area contributed by atoms with Crippen molar-refractivity contribution in [3.8, 4) is 6.07 Å². The third-order valence-electron chi connectivity index (χ3n) is 0.450. The number of hydrogen-bond acceptors (Lipinski definition) is 2. The van der Waals surface area contributed by atoms with Gasteiger partial charge in [-0.3, -0.25) is 9.84 Å². The quantitative estimate of drug-likeness (QED) is 0.482. The zero-order valence-electron chi connectivity index (χ0n) is 4.38. The Labute approximate surface area is 42.3 Å². The van der Waals surface area contributed by atoms with Crippen molar-refractivity contribution in [2.24, 2.45) is 0 Å². The number of nitrogens with zero attached hydrogens (tertiary/aromatic N) is 1. The molecule has 0 aliphatic carbocycles. The first-order valence-corrected chi connectivity index (χ1v) is 1.88. The molecule has 0 aromatic rings. The first-order chi connectivity index (χ1) is 3.31. The summed E-state index contributed by atoms with van der Waals surface area (Å²) >= 11 is 0. The van der Waals surface area contributed by atoms with E-state index in [0.29, 0.717) is 0 Å². The van der Waals surface area contributed by atoms with Gasteiger partial charge >= 0.3 is 6.41 Å². The molecule has 0 aromatic heterocycles. The van der Waals surface area contributed by atoms with E-state index in [2.05, 4.69) is 15.7 Å². The van der Waals surface area contributed by atoms with Gasteiger partial charge in [0.15, 0.2) is 0 Å². The molecule has 1 N–H and O–H groups in total. The lowest BCUT2D eigenvalue weighted by Crippen LogP contribution is -2.00. The molecule has 1 unspecified atom stereocenters. The van der Waals surface area contributed by atoms with E-state index in [4.69, 9.17) is 5.11 Å². The van der Waals surface area contributed by atoms with Crippen LogP contribution < -0.4 is 0 Å².